The van der Waals surface area contributed by atoms with Crippen molar-refractivity contribution in [3.8, 4) is 0 Å². The van der Waals surface area contributed by atoms with Gasteiger partial charge in [-0.25, -0.2) is 0 Å². The van der Waals surface area contributed by atoms with E-state index in [1.807, 2.05) is 0 Å². The van der Waals surface area contributed by atoms with E-state index in [1.165, 1.54) is 32.1 Å². The summed E-state index contributed by atoms with van der Waals surface area (Å²) >= 11 is 0. The third-order valence-electron chi connectivity index (χ3n) is 2.22. The molecule has 0 rings (SSSR count). The lowest BCUT2D eigenvalue weighted by molar-refractivity contribution is 0.435. The Morgan fingerprint density at radius 2 is 1.70 bits per heavy atom. The molecule has 2 N–H and O–H groups in total. The van der Waals surface area contributed by atoms with Gasteiger partial charge in [0.05, 0.1) is 0 Å². The molecule has 0 heterocycles. The first-order chi connectivity index (χ1) is 4.85. The van der Waals surface area contributed by atoms with E-state index in [2.05, 4.69) is 13.8 Å². The van der Waals surface area contributed by atoms with Gasteiger partial charge in [0.2, 0.25) is 0 Å². The van der Waals surface area contributed by atoms with Crippen LogP contribution in [0.2, 0.25) is 0 Å². The van der Waals surface area contributed by atoms with Crippen LogP contribution in [0.3, 0.4) is 0 Å². The first-order valence-electron chi connectivity index (χ1n) is 4.55. The van der Waals surface area contributed by atoms with Gasteiger partial charge in [-0.1, -0.05) is 39.5 Å². The van der Waals surface area contributed by atoms with E-state index in [1.54, 1.807) is 0 Å². The summed E-state index contributed by atoms with van der Waals surface area (Å²) in [6.45, 7) is 5.41. The van der Waals surface area contributed by atoms with Crippen molar-refractivity contribution in [2.45, 2.75) is 46.0 Å². The second-order valence-corrected chi connectivity index (χ2v) is 2.97. The van der Waals surface area contributed by atoms with Crippen molar-refractivity contribution in [2.24, 2.45) is 11.7 Å². The standard InChI is InChI=1S/C9H21N/c1-3-9(4-2)7-5-6-8-10/h9H,3-8,10H2,1-2H3. The van der Waals surface area contributed by atoms with E-state index in [9.17, 15) is 0 Å². The van der Waals surface area contributed by atoms with Crippen LogP contribution in [0.15, 0.2) is 0 Å². The Labute approximate surface area is 65.0 Å². The van der Waals surface area contributed by atoms with Crippen LogP contribution >= 0.6 is 0 Å². The maximum Gasteiger partial charge on any atom is -0.00773 e. The monoisotopic (exact) mass is 143 g/mol. The molecule has 0 bridgehead atoms. The molecule has 0 aromatic heterocycles. The summed E-state index contributed by atoms with van der Waals surface area (Å²) in [6.07, 6.45) is 6.58. The van der Waals surface area contributed by atoms with Crippen LogP contribution in [0.5, 0.6) is 0 Å². The summed E-state index contributed by atoms with van der Waals surface area (Å²) in [7, 11) is 0. The summed E-state index contributed by atoms with van der Waals surface area (Å²) in [5.41, 5.74) is 5.40. The molecule has 0 fully saturated rings. The smallest absolute Gasteiger partial charge is 0.00773 e. The highest BCUT2D eigenvalue weighted by molar-refractivity contribution is 4.54. The molecule has 1 heteroatoms. The van der Waals surface area contributed by atoms with E-state index < -0.39 is 0 Å². The summed E-state index contributed by atoms with van der Waals surface area (Å²) < 4.78 is 0. The molecule has 0 aliphatic rings. The maximum absolute atomic E-state index is 5.40. The first kappa shape index (κ1) is 9.96. The van der Waals surface area contributed by atoms with Gasteiger partial charge in [0.25, 0.3) is 0 Å². The van der Waals surface area contributed by atoms with Crippen molar-refractivity contribution >= 4 is 0 Å². The van der Waals surface area contributed by atoms with Crippen molar-refractivity contribution in [1.82, 2.24) is 0 Å². The topological polar surface area (TPSA) is 26.0 Å². The lowest BCUT2D eigenvalue weighted by Crippen LogP contribution is -2.01. The largest absolute Gasteiger partial charge is 0.330 e. The lowest BCUT2D eigenvalue weighted by atomic mass is 9.97. The molecule has 0 aliphatic heterocycles. The van der Waals surface area contributed by atoms with E-state index in [0.717, 1.165) is 12.5 Å². The third kappa shape index (κ3) is 4.80. The Morgan fingerprint density at radius 1 is 1.10 bits per heavy atom. The molecule has 0 aromatic carbocycles. The minimum atomic E-state index is 0.861. The fourth-order valence-corrected chi connectivity index (χ4v) is 1.27. The van der Waals surface area contributed by atoms with E-state index >= 15 is 0 Å². The van der Waals surface area contributed by atoms with Gasteiger partial charge in [-0.05, 0) is 18.9 Å². The first-order valence-corrected chi connectivity index (χ1v) is 4.55. The predicted octanol–water partition coefficient (Wildman–Crippen LogP) is 2.55. The quantitative estimate of drug-likeness (QED) is 0.568. The average molecular weight is 143 g/mol. The third-order valence-corrected chi connectivity index (χ3v) is 2.22. The Morgan fingerprint density at radius 3 is 2.10 bits per heavy atom. The molecule has 0 aromatic rings. The zero-order chi connectivity index (χ0) is 7.82. The van der Waals surface area contributed by atoms with Crippen LogP contribution in [0.4, 0.5) is 0 Å². The van der Waals surface area contributed by atoms with E-state index in [4.69, 9.17) is 5.73 Å². The molecule has 0 radical (unpaired) electrons. The Kier molecular flexibility index (Phi) is 7.04. The minimum absolute atomic E-state index is 0.861. The van der Waals surface area contributed by atoms with Crippen LogP contribution < -0.4 is 5.73 Å². The van der Waals surface area contributed by atoms with Crippen molar-refractivity contribution in [2.75, 3.05) is 6.54 Å². The lowest BCUT2D eigenvalue weighted by Gasteiger charge is -2.10. The molecular weight excluding hydrogens is 122 g/mol. The summed E-state index contributed by atoms with van der Waals surface area (Å²) in [5.74, 6) is 0.951. The molecule has 1 nitrogen and oxygen atoms in total. The molecular formula is C9H21N. The fourth-order valence-electron chi connectivity index (χ4n) is 1.27. The van der Waals surface area contributed by atoms with Crippen molar-refractivity contribution in [3.63, 3.8) is 0 Å². The number of hydrogen-bond acceptors (Lipinski definition) is 1. The molecule has 0 atom stereocenters. The predicted molar refractivity (Wildman–Crippen MR) is 47.0 cm³/mol. The Balaban J connectivity index is 3.09. The number of unbranched alkanes of at least 4 members (excludes halogenated alkanes) is 1. The molecule has 0 spiro atoms. The van der Waals surface area contributed by atoms with Crippen LogP contribution in [0.25, 0.3) is 0 Å². The molecule has 0 aliphatic carbocycles. The Bertz CT molecular complexity index is 57.7. The SMILES string of the molecule is CCC(CC)CCCCN. The van der Waals surface area contributed by atoms with Gasteiger partial charge in [-0.2, -0.15) is 0 Å². The van der Waals surface area contributed by atoms with Crippen LogP contribution in [-0.2, 0) is 0 Å². The van der Waals surface area contributed by atoms with Gasteiger partial charge in [0.15, 0.2) is 0 Å². The zero-order valence-electron chi connectivity index (χ0n) is 7.40. The fraction of sp³-hybridized carbons (Fsp3) is 1.00. The molecule has 10 heavy (non-hydrogen) atoms. The molecule has 0 saturated heterocycles. The van der Waals surface area contributed by atoms with Gasteiger partial charge >= 0.3 is 0 Å². The normalized spacial score (nSPS) is 10.8. The van der Waals surface area contributed by atoms with Gasteiger partial charge in [0.1, 0.15) is 0 Å². The highest BCUT2D eigenvalue weighted by Crippen LogP contribution is 2.15. The van der Waals surface area contributed by atoms with Gasteiger partial charge in [-0.3, -0.25) is 0 Å². The molecule has 62 valence electrons. The number of rotatable bonds is 6. The van der Waals surface area contributed by atoms with Crippen molar-refractivity contribution in [3.05, 3.63) is 0 Å². The van der Waals surface area contributed by atoms with Crippen LogP contribution in [0, 0.1) is 5.92 Å². The molecule has 0 unspecified atom stereocenters. The van der Waals surface area contributed by atoms with Gasteiger partial charge in [-0.15, -0.1) is 0 Å². The highest BCUT2D eigenvalue weighted by Gasteiger charge is 2.00. The minimum Gasteiger partial charge on any atom is -0.330 e. The van der Waals surface area contributed by atoms with E-state index in [0.29, 0.717) is 0 Å². The summed E-state index contributed by atoms with van der Waals surface area (Å²) in [5, 5.41) is 0. The molecule has 0 amide bonds. The van der Waals surface area contributed by atoms with E-state index in [-0.39, 0.29) is 0 Å². The van der Waals surface area contributed by atoms with Crippen LogP contribution in [-0.4, -0.2) is 6.54 Å². The number of hydrogen-bond donors (Lipinski definition) is 1. The number of nitrogens with two attached hydrogens (primary N) is 1. The highest BCUT2D eigenvalue weighted by atomic mass is 14.5. The summed E-state index contributed by atoms with van der Waals surface area (Å²) in [4.78, 5) is 0. The Hall–Kier alpha value is -0.0400. The maximum atomic E-state index is 5.40. The second kappa shape index (κ2) is 7.07. The van der Waals surface area contributed by atoms with Gasteiger partial charge in [0, 0.05) is 0 Å². The van der Waals surface area contributed by atoms with Crippen molar-refractivity contribution < 1.29 is 0 Å². The second-order valence-electron chi connectivity index (χ2n) is 2.97. The zero-order valence-corrected chi connectivity index (χ0v) is 7.40. The van der Waals surface area contributed by atoms with Gasteiger partial charge < -0.3 is 5.73 Å². The average Bonchev–Trinajstić information content (AvgIpc) is 1.99. The van der Waals surface area contributed by atoms with Crippen LogP contribution in [0.1, 0.15) is 46.0 Å². The summed E-state index contributed by atoms with van der Waals surface area (Å²) in [6, 6.07) is 0. The molecule has 0 saturated carbocycles. The van der Waals surface area contributed by atoms with Crippen molar-refractivity contribution in [1.29, 1.82) is 0 Å².